The summed E-state index contributed by atoms with van der Waals surface area (Å²) in [4.78, 5) is 4.34. The molecule has 46 heavy (non-hydrogen) atoms. The van der Waals surface area contributed by atoms with E-state index in [1.807, 2.05) is 54.6 Å². The highest BCUT2D eigenvalue weighted by molar-refractivity contribution is 7.89. The van der Waals surface area contributed by atoms with E-state index in [2.05, 4.69) is 16.7 Å². The van der Waals surface area contributed by atoms with Gasteiger partial charge in [0, 0.05) is 41.0 Å². The molecule has 1 saturated carbocycles. The first-order valence-electron chi connectivity index (χ1n) is 15.2. The fourth-order valence-electron chi connectivity index (χ4n) is 6.61. The van der Waals surface area contributed by atoms with Crippen molar-refractivity contribution in [2.45, 2.75) is 54.6 Å². The number of aromatic nitrogens is 2. The lowest BCUT2D eigenvalue weighted by atomic mass is 9.85. The van der Waals surface area contributed by atoms with Gasteiger partial charge in [0.2, 0.25) is 10.0 Å². The van der Waals surface area contributed by atoms with E-state index < -0.39 is 26.7 Å². The molecule has 1 aromatic heterocycles. The summed E-state index contributed by atoms with van der Waals surface area (Å²) in [5.41, 5.74) is 3.89. The largest absolute Gasteiger partial charge is 0.417 e. The second-order valence-electron chi connectivity index (χ2n) is 12.0. The van der Waals surface area contributed by atoms with E-state index in [0.29, 0.717) is 28.8 Å². The molecular weight excluding hydrogens is 654 g/mol. The van der Waals surface area contributed by atoms with Crippen molar-refractivity contribution >= 4 is 44.3 Å². The van der Waals surface area contributed by atoms with Gasteiger partial charge in [-0.15, -0.1) is 0 Å². The average Bonchev–Trinajstić information content (AvgIpc) is 3.83. The zero-order valence-electron chi connectivity index (χ0n) is 24.6. The lowest BCUT2D eigenvalue weighted by Crippen LogP contribution is -2.39. The molecule has 2 aliphatic rings. The molecule has 1 saturated heterocycles. The molecule has 1 aliphatic heterocycles. The molecule has 1 aliphatic carbocycles. The molecule has 7 rings (SSSR count). The maximum atomic E-state index is 13.7. The van der Waals surface area contributed by atoms with Crippen LogP contribution in [0.3, 0.4) is 0 Å². The minimum atomic E-state index is -4.77. The molecule has 11 heteroatoms. The highest BCUT2D eigenvalue weighted by atomic mass is 35.5. The number of halogens is 5. The Morgan fingerprint density at radius 1 is 0.761 bits per heavy atom. The van der Waals surface area contributed by atoms with Crippen molar-refractivity contribution in [1.82, 2.24) is 13.9 Å². The summed E-state index contributed by atoms with van der Waals surface area (Å²) in [6.45, 7) is 0.224. The van der Waals surface area contributed by atoms with Crippen LogP contribution in [0.5, 0.6) is 0 Å². The summed E-state index contributed by atoms with van der Waals surface area (Å²) < 4.78 is 71.5. The van der Waals surface area contributed by atoms with Crippen LogP contribution < -0.4 is 0 Å². The average molecular weight is 685 g/mol. The number of piperidine rings is 1. The van der Waals surface area contributed by atoms with Crippen LogP contribution >= 0.6 is 23.2 Å². The topological polar surface area (TPSA) is 55.2 Å². The van der Waals surface area contributed by atoms with E-state index in [-0.39, 0.29) is 25.0 Å². The molecule has 0 radical (unpaired) electrons. The lowest BCUT2D eigenvalue weighted by Gasteiger charge is -2.33. The van der Waals surface area contributed by atoms with Crippen LogP contribution in [-0.2, 0) is 16.2 Å². The van der Waals surface area contributed by atoms with Crippen molar-refractivity contribution in [3.63, 3.8) is 0 Å². The number of hydrogen-bond donors (Lipinski definition) is 0. The first-order valence-corrected chi connectivity index (χ1v) is 17.4. The highest BCUT2D eigenvalue weighted by Gasteiger charge is 2.40. The number of sulfonamides is 1. The second-order valence-corrected chi connectivity index (χ2v) is 14.8. The van der Waals surface area contributed by atoms with E-state index in [1.165, 1.54) is 16.4 Å². The van der Waals surface area contributed by atoms with E-state index >= 15 is 0 Å². The van der Waals surface area contributed by atoms with Gasteiger partial charge in [0.1, 0.15) is 5.82 Å². The molecular formula is C35H30Cl2F3N3O2S. The summed E-state index contributed by atoms with van der Waals surface area (Å²) >= 11 is 12.5. The second kappa shape index (κ2) is 12.0. The molecule has 5 nitrogen and oxygen atoms in total. The summed E-state index contributed by atoms with van der Waals surface area (Å²) in [6, 6.07) is 26.2. The Bertz CT molecular complexity index is 1950. The van der Waals surface area contributed by atoms with E-state index in [1.54, 1.807) is 0 Å². The first-order chi connectivity index (χ1) is 22.0. The molecule has 4 aromatic carbocycles. The Kier molecular flexibility index (Phi) is 8.16. The number of nitrogens with zero attached hydrogens (tertiary/aromatic N) is 3. The van der Waals surface area contributed by atoms with Crippen molar-refractivity contribution < 1.29 is 21.6 Å². The molecule has 0 unspecified atom stereocenters. The van der Waals surface area contributed by atoms with Crippen LogP contribution in [0.15, 0.2) is 95.9 Å². The van der Waals surface area contributed by atoms with Gasteiger partial charge in [0.15, 0.2) is 0 Å². The van der Waals surface area contributed by atoms with Gasteiger partial charge in [-0.1, -0.05) is 65.7 Å². The third kappa shape index (κ3) is 5.94. The summed E-state index contributed by atoms with van der Waals surface area (Å²) in [7, 11) is -4.34. The van der Waals surface area contributed by atoms with Gasteiger partial charge < -0.3 is 4.57 Å². The number of rotatable bonds is 7. The molecule has 0 amide bonds. The Morgan fingerprint density at radius 3 is 1.89 bits per heavy atom. The van der Waals surface area contributed by atoms with Crippen LogP contribution in [0.1, 0.15) is 71.6 Å². The van der Waals surface area contributed by atoms with Crippen LogP contribution in [0.2, 0.25) is 10.0 Å². The van der Waals surface area contributed by atoms with E-state index in [0.717, 1.165) is 58.5 Å². The van der Waals surface area contributed by atoms with Gasteiger partial charge in [-0.25, -0.2) is 13.4 Å². The quantitative estimate of drug-likeness (QED) is 0.161. The standard InChI is InChI=1S/C35H30Cl2F3N3O2S/c36-26-12-7-22(8-13-26)33(23-9-14-27(37)15-10-23)25-11-16-30-31(21-25)43(34(41-30)24-5-6-24)28-17-19-42(20-18-28)46(44,45)32-4-2-1-3-29(32)35(38,39)40/h1-4,7-16,21,24,28,33H,5-6,17-20H2. The van der Waals surface area contributed by atoms with Crippen molar-refractivity contribution in [2.75, 3.05) is 13.1 Å². The molecule has 2 fully saturated rings. The predicted molar refractivity (Wildman–Crippen MR) is 174 cm³/mol. The fraction of sp³-hybridized carbons (Fsp3) is 0.286. The van der Waals surface area contributed by atoms with Crippen LogP contribution in [-0.4, -0.2) is 35.4 Å². The van der Waals surface area contributed by atoms with E-state index in [4.69, 9.17) is 28.2 Å². The third-order valence-corrected chi connectivity index (χ3v) is 11.5. The molecule has 0 atom stereocenters. The maximum absolute atomic E-state index is 13.7. The van der Waals surface area contributed by atoms with Gasteiger partial charge in [-0.2, -0.15) is 17.5 Å². The molecule has 5 aromatic rings. The van der Waals surface area contributed by atoms with Crippen LogP contribution in [0.25, 0.3) is 11.0 Å². The SMILES string of the molecule is O=S(=O)(c1ccccc1C(F)(F)F)N1CCC(n2c(C3CC3)nc3ccc(C(c4ccc(Cl)cc4)c4ccc(Cl)cc4)cc32)CC1. The Labute approximate surface area is 275 Å². The number of imidazole rings is 1. The normalized spacial score (nSPS) is 16.8. The number of hydrogen-bond acceptors (Lipinski definition) is 3. The molecule has 0 N–H and O–H groups in total. The molecule has 238 valence electrons. The maximum Gasteiger partial charge on any atom is 0.417 e. The Morgan fingerprint density at radius 2 is 1.33 bits per heavy atom. The Balaban J connectivity index is 1.24. The van der Waals surface area contributed by atoms with Gasteiger partial charge in [0.05, 0.1) is 21.5 Å². The van der Waals surface area contributed by atoms with Crippen molar-refractivity contribution in [3.05, 3.63) is 129 Å². The lowest BCUT2D eigenvalue weighted by molar-refractivity contribution is -0.139. The van der Waals surface area contributed by atoms with Crippen molar-refractivity contribution in [1.29, 1.82) is 0 Å². The predicted octanol–water partition coefficient (Wildman–Crippen LogP) is 9.45. The highest BCUT2D eigenvalue weighted by Crippen LogP contribution is 2.45. The van der Waals surface area contributed by atoms with Gasteiger partial charge in [0.25, 0.3) is 0 Å². The number of alkyl halides is 3. The monoisotopic (exact) mass is 683 g/mol. The minimum Gasteiger partial charge on any atom is -0.325 e. The third-order valence-electron chi connectivity index (χ3n) is 9.02. The summed E-state index contributed by atoms with van der Waals surface area (Å²) in [5, 5.41) is 1.30. The number of fused-ring (bicyclic) bond motifs is 1. The fourth-order valence-corrected chi connectivity index (χ4v) is 8.55. The zero-order valence-corrected chi connectivity index (χ0v) is 26.9. The van der Waals surface area contributed by atoms with Crippen LogP contribution in [0, 0.1) is 0 Å². The minimum absolute atomic E-state index is 0.0512. The Hall–Kier alpha value is -3.37. The summed E-state index contributed by atoms with van der Waals surface area (Å²) in [6.07, 6.45) is -1.78. The van der Waals surface area contributed by atoms with Gasteiger partial charge >= 0.3 is 6.18 Å². The first kappa shape index (κ1) is 31.2. The molecule has 2 heterocycles. The zero-order chi connectivity index (χ0) is 32.2. The van der Waals surface area contributed by atoms with E-state index in [9.17, 15) is 21.6 Å². The van der Waals surface area contributed by atoms with Gasteiger partial charge in [-0.05, 0) is 90.9 Å². The van der Waals surface area contributed by atoms with Crippen LogP contribution in [0.4, 0.5) is 13.2 Å². The summed E-state index contributed by atoms with van der Waals surface area (Å²) in [5.74, 6) is 1.22. The van der Waals surface area contributed by atoms with Gasteiger partial charge in [-0.3, -0.25) is 0 Å². The van der Waals surface area contributed by atoms with Crippen molar-refractivity contribution in [3.8, 4) is 0 Å². The molecule has 0 bridgehead atoms. The molecule has 0 spiro atoms. The smallest absolute Gasteiger partial charge is 0.325 e. The number of benzene rings is 4. The van der Waals surface area contributed by atoms with Crippen molar-refractivity contribution in [2.24, 2.45) is 0 Å².